The Morgan fingerprint density at radius 2 is 1.86 bits per heavy atom. The number of aromatic nitrogens is 3. The van der Waals surface area contributed by atoms with E-state index in [0.717, 1.165) is 6.42 Å². The first kappa shape index (κ1) is 15.8. The van der Waals surface area contributed by atoms with Crippen LogP contribution in [0.1, 0.15) is 39.0 Å². The third kappa shape index (κ3) is 5.34. The van der Waals surface area contributed by atoms with Crippen molar-refractivity contribution in [1.82, 2.24) is 15.0 Å². The third-order valence-corrected chi connectivity index (χ3v) is 3.31. The van der Waals surface area contributed by atoms with Crippen molar-refractivity contribution in [2.75, 3.05) is 37.4 Å². The van der Waals surface area contributed by atoms with Gasteiger partial charge in [-0.3, -0.25) is 0 Å². The van der Waals surface area contributed by atoms with Crippen LogP contribution in [0, 0.1) is 0 Å². The molecule has 1 aliphatic rings. The molecule has 7 nitrogen and oxygen atoms in total. The summed E-state index contributed by atoms with van der Waals surface area (Å²) < 4.78 is 11.2. The molecule has 0 saturated heterocycles. The first-order valence-electron chi connectivity index (χ1n) is 7.74. The molecule has 1 heterocycles. The number of hydrogen-bond donors (Lipinski definition) is 2. The van der Waals surface area contributed by atoms with Crippen LogP contribution in [-0.4, -0.2) is 47.9 Å². The van der Waals surface area contributed by atoms with Gasteiger partial charge in [0.05, 0.1) is 19.3 Å². The average molecular weight is 295 g/mol. The van der Waals surface area contributed by atoms with Gasteiger partial charge in [-0.15, -0.1) is 0 Å². The van der Waals surface area contributed by atoms with Crippen molar-refractivity contribution in [3.63, 3.8) is 0 Å². The lowest BCUT2D eigenvalue weighted by Crippen LogP contribution is -2.17. The zero-order chi connectivity index (χ0) is 14.9. The number of ether oxygens (including phenoxy) is 2. The van der Waals surface area contributed by atoms with Crippen LogP contribution < -0.4 is 15.4 Å². The summed E-state index contributed by atoms with van der Waals surface area (Å²) in [6, 6.07) is 0.343. The molecule has 21 heavy (non-hydrogen) atoms. The molecule has 0 amide bonds. The molecule has 1 aromatic heterocycles. The van der Waals surface area contributed by atoms with Gasteiger partial charge in [0.1, 0.15) is 0 Å². The van der Waals surface area contributed by atoms with Gasteiger partial charge in [-0.05, 0) is 19.3 Å². The van der Waals surface area contributed by atoms with Gasteiger partial charge in [-0.25, -0.2) is 0 Å². The van der Waals surface area contributed by atoms with Crippen LogP contribution in [0.25, 0.3) is 0 Å². The Morgan fingerprint density at radius 3 is 2.57 bits per heavy atom. The quantitative estimate of drug-likeness (QED) is 0.675. The Kier molecular flexibility index (Phi) is 6.46. The molecular formula is C14H25N5O2. The van der Waals surface area contributed by atoms with Crippen LogP contribution in [0.2, 0.25) is 0 Å². The fourth-order valence-corrected chi connectivity index (χ4v) is 2.25. The van der Waals surface area contributed by atoms with E-state index in [4.69, 9.17) is 9.47 Å². The molecule has 0 spiro atoms. The molecule has 0 unspecified atom stereocenters. The van der Waals surface area contributed by atoms with Crippen LogP contribution >= 0.6 is 0 Å². The summed E-state index contributed by atoms with van der Waals surface area (Å²) in [6.45, 7) is 3.98. The molecule has 118 valence electrons. The molecular weight excluding hydrogens is 270 g/mol. The van der Waals surface area contributed by atoms with Crippen molar-refractivity contribution in [1.29, 1.82) is 0 Å². The Hall–Kier alpha value is -1.63. The van der Waals surface area contributed by atoms with Gasteiger partial charge in [-0.2, -0.15) is 15.0 Å². The molecule has 0 aliphatic heterocycles. The van der Waals surface area contributed by atoms with Crippen LogP contribution in [0.15, 0.2) is 0 Å². The third-order valence-electron chi connectivity index (χ3n) is 3.31. The maximum Gasteiger partial charge on any atom is 0.323 e. The zero-order valence-electron chi connectivity index (χ0n) is 12.9. The summed E-state index contributed by atoms with van der Waals surface area (Å²) in [7, 11) is 1.77. The van der Waals surface area contributed by atoms with E-state index in [1.165, 1.54) is 25.7 Å². The van der Waals surface area contributed by atoms with Crippen molar-refractivity contribution < 1.29 is 9.47 Å². The molecule has 1 aromatic rings. The highest BCUT2D eigenvalue weighted by molar-refractivity contribution is 5.35. The topological polar surface area (TPSA) is 81.2 Å². The van der Waals surface area contributed by atoms with E-state index in [1.807, 2.05) is 6.92 Å². The van der Waals surface area contributed by atoms with Crippen molar-refractivity contribution in [3.8, 4) is 6.01 Å². The van der Waals surface area contributed by atoms with Gasteiger partial charge < -0.3 is 20.1 Å². The second-order valence-corrected chi connectivity index (χ2v) is 5.07. The average Bonchev–Trinajstić information content (AvgIpc) is 3.02. The Labute approximate surface area is 125 Å². The lowest BCUT2D eigenvalue weighted by molar-refractivity contribution is 0.0658. The van der Waals surface area contributed by atoms with Crippen LogP contribution in [0.3, 0.4) is 0 Å². The van der Waals surface area contributed by atoms with E-state index in [-0.39, 0.29) is 0 Å². The summed E-state index contributed by atoms with van der Waals surface area (Å²) in [5.41, 5.74) is 0. The van der Waals surface area contributed by atoms with Crippen LogP contribution in [0.5, 0.6) is 6.01 Å². The minimum Gasteiger partial charge on any atom is -0.463 e. The maximum absolute atomic E-state index is 5.80. The molecule has 1 saturated carbocycles. The van der Waals surface area contributed by atoms with Crippen molar-refractivity contribution in [2.24, 2.45) is 0 Å². The number of anilines is 2. The second-order valence-electron chi connectivity index (χ2n) is 5.07. The number of nitrogens with zero attached hydrogens (tertiary/aromatic N) is 3. The van der Waals surface area contributed by atoms with Gasteiger partial charge in [0, 0.05) is 13.6 Å². The fourth-order valence-electron chi connectivity index (χ4n) is 2.25. The molecule has 2 rings (SSSR count). The zero-order valence-corrected chi connectivity index (χ0v) is 12.9. The maximum atomic E-state index is 5.80. The van der Waals surface area contributed by atoms with E-state index in [2.05, 4.69) is 25.6 Å². The van der Waals surface area contributed by atoms with Crippen molar-refractivity contribution in [3.05, 3.63) is 0 Å². The van der Waals surface area contributed by atoms with Gasteiger partial charge in [0.15, 0.2) is 0 Å². The standard InChI is InChI=1S/C14H25N5O2/c1-3-9-21-14-18-12(15-2)17-13(19-14)16-8-10-20-11-6-4-5-7-11/h11H,3-10H2,1-2H3,(H2,15,16,17,18,19). The molecule has 7 heteroatoms. The van der Waals surface area contributed by atoms with Gasteiger partial charge in [-0.1, -0.05) is 19.8 Å². The summed E-state index contributed by atoms with van der Waals surface area (Å²) in [4.78, 5) is 12.6. The number of hydrogen-bond acceptors (Lipinski definition) is 7. The largest absolute Gasteiger partial charge is 0.463 e. The summed E-state index contributed by atoms with van der Waals surface area (Å²) in [6.07, 6.45) is 6.29. The summed E-state index contributed by atoms with van der Waals surface area (Å²) >= 11 is 0. The molecule has 2 N–H and O–H groups in total. The molecule has 1 fully saturated rings. The second kappa shape index (κ2) is 8.61. The van der Waals surface area contributed by atoms with Crippen LogP contribution in [-0.2, 0) is 4.74 Å². The van der Waals surface area contributed by atoms with Crippen LogP contribution in [0.4, 0.5) is 11.9 Å². The van der Waals surface area contributed by atoms with Gasteiger partial charge in [0.25, 0.3) is 0 Å². The lowest BCUT2D eigenvalue weighted by atomic mass is 10.3. The van der Waals surface area contributed by atoms with E-state index >= 15 is 0 Å². The number of rotatable bonds is 9. The predicted molar refractivity (Wildman–Crippen MR) is 81.9 cm³/mol. The highest BCUT2D eigenvalue weighted by Gasteiger charge is 2.14. The minimum absolute atomic E-state index is 0.343. The molecule has 0 aromatic carbocycles. The van der Waals surface area contributed by atoms with E-state index < -0.39 is 0 Å². The number of nitrogens with one attached hydrogen (secondary N) is 2. The SMILES string of the molecule is CCCOc1nc(NC)nc(NCCOC2CCCC2)n1. The first-order valence-corrected chi connectivity index (χ1v) is 7.74. The van der Waals surface area contributed by atoms with Crippen molar-refractivity contribution in [2.45, 2.75) is 45.1 Å². The highest BCUT2D eigenvalue weighted by atomic mass is 16.5. The van der Waals surface area contributed by atoms with Crippen molar-refractivity contribution >= 4 is 11.9 Å². The van der Waals surface area contributed by atoms with E-state index in [9.17, 15) is 0 Å². The first-order chi connectivity index (χ1) is 10.3. The Morgan fingerprint density at radius 1 is 1.10 bits per heavy atom. The summed E-state index contributed by atoms with van der Waals surface area (Å²) in [5.74, 6) is 1.01. The molecule has 0 radical (unpaired) electrons. The molecule has 0 bridgehead atoms. The van der Waals surface area contributed by atoms with Gasteiger partial charge >= 0.3 is 6.01 Å². The predicted octanol–water partition coefficient (Wildman–Crippen LogP) is 2.07. The summed E-state index contributed by atoms with van der Waals surface area (Å²) in [5, 5.41) is 6.06. The Balaban J connectivity index is 1.80. The minimum atomic E-state index is 0.343. The normalized spacial score (nSPS) is 15.1. The lowest BCUT2D eigenvalue weighted by Gasteiger charge is -2.12. The Bertz CT molecular complexity index is 424. The van der Waals surface area contributed by atoms with E-state index in [0.29, 0.717) is 43.8 Å². The fraction of sp³-hybridized carbons (Fsp3) is 0.786. The van der Waals surface area contributed by atoms with E-state index in [1.54, 1.807) is 7.05 Å². The van der Waals surface area contributed by atoms with Gasteiger partial charge in [0.2, 0.25) is 11.9 Å². The smallest absolute Gasteiger partial charge is 0.323 e. The molecule has 0 atom stereocenters. The highest BCUT2D eigenvalue weighted by Crippen LogP contribution is 2.20. The monoisotopic (exact) mass is 295 g/mol. The molecule has 1 aliphatic carbocycles.